The Balaban J connectivity index is 1.56. The van der Waals surface area contributed by atoms with Crippen LogP contribution in [0, 0.1) is 20.8 Å². The molecule has 4 aromatic rings. The number of imidazole rings is 1. The van der Waals surface area contributed by atoms with Crippen molar-refractivity contribution in [1.82, 2.24) is 14.5 Å². The number of halogens is 2. The normalized spacial score (nSPS) is 12.5. The van der Waals surface area contributed by atoms with Gasteiger partial charge in [0, 0.05) is 22.6 Å². The lowest BCUT2D eigenvalue weighted by atomic mass is 10.1. The lowest BCUT2D eigenvalue weighted by molar-refractivity contribution is -0.0498. The van der Waals surface area contributed by atoms with Crippen LogP contribution in [0.2, 0.25) is 0 Å². The van der Waals surface area contributed by atoms with Crippen LogP contribution < -0.4 is 4.74 Å². The summed E-state index contributed by atoms with van der Waals surface area (Å²) in [6, 6.07) is 14.2. The number of aromatic amines is 1. The SMILES string of the molecule is Cc1ccc2nc(SC(C)C(=O)c3cc(C)n(-c4ccc(OC(F)F)cc4)c3C)[nH]c2c1. The molecular formula is C24H23F2N3O2S. The van der Waals surface area contributed by atoms with Crippen LogP contribution in [0.3, 0.4) is 0 Å². The van der Waals surface area contributed by atoms with E-state index >= 15 is 0 Å². The largest absolute Gasteiger partial charge is 0.435 e. The third-order valence-electron chi connectivity index (χ3n) is 5.29. The Morgan fingerprint density at radius 1 is 1.09 bits per heavy atom. The topological polar surface area (TPSA) is 59.9 Å². The number of benzene rings is 2. The molecule has 0 saturated carbocycles. The highest BCUT2D eigenvalue weighted by atomic mass is 32.2. The average molecular weight is 456 g/mol. The van der Waals surface area contributed by atoms with Crippen molar-refractivity contribution >= 4 is 28.6 Å². The molecule has 1 unspecified atom stereocenters. The van der Waals surface area contributed by atoms with Crippen LogP contribution in [0.5, 0.6) is 5.75 Å². The number of aryl methyl sites for hydroxylation is 2. The van der Waals surface area contributed by atoms with Crippen LogP contribution in [-0.4, -0.2) is 32.2 Å². The molecule has 0 spiro atoms. The summed E-state index contributed by atoms with van der Waals surface area (Å²) in [5, 5.41) is 0.363. The van der Waals surface area contributed by atoms with Crippen LogP contribution in [0.1, 0.15) is 34.2 Å². The lowest BCUT2D eigenvalue weighted by Gasteiger charge is -2.12. The van der Waals surface area contributed by atoms with Crippen LogP contribution >= 0.6 is 11.8 Å². The Morgan fingerprint density at radius 2 is 1.81 bits per heavy atom. The van der Waals surface area contributed by atoms with E-state index in [1.165, 1.54) is 23.9 Å². The van der Waals surface area contributed by atoms with E-state index in [1.807, 2.05) is 56.5 Å². The molecule has 0 bridgehead atoms. The number of carbonyl (C=O) groups excluding carboxylic acids is 1. The maximum Gasteiger partial charge on any atom is 0.387 e. The van der Waals surface area contributed by atoms with E-state index in [2.05, 4.69) is 14.7 Å². The van der Waals surface area contributed by atoms with Crippen molar-refractivity contribution in [2.45, 2.75) is 44.7 Å². The zero-order chi connectivity index (χ0) is 23.0. The van der Waals surface area contributed by atoms with E-state index in [-0.39, 0.29) is 16.8 Å². The molecule has 2 aromatic carbocycles. The summed E-state index contributed by atoms with van der Waals surface area (Å²) in [6.07, 6.45) is 0. The van der Waals surface area contributed by atoms with Gasteiger partial charge in [0.05, 0.1) is 16.3 Å². The van der Waals surface area contributed by atoms with Crippen LogP contribution in [0.4, 0.5) is 8.78 Å². The highest BCUT2D eigenvalue weighted by molar-refractivity contribution is 8.00. The number of nitrogens with one attached hydrogen (secondary N) is 1. The predicted molar refractivity (Wildman–Crippen MR) is 122 cm³/mol. The second-order valence-electron chi connectivity index (χ2n) is 7.68. The van der Waals surface area contributed by atoms with Crippen molar-refractivity contribution in [1.29, 1.82) is 0 Å². The maximum absolute atomic E-state index is 13.2. The van der Waals surface area contributed by atoms with Crippen LogP contribution in [-0.2, 0) is 0 Å². The predicted octanol–water partition coefficient (Wildman–Crippen LogP) is 6.24. The molecule has 0 aliphatic heterocycles. The number of carbonyl (C=O) groups is 1. The monoisotopic (exact) mass is 455 g/mol. The molecule has 32 heavy (non-hydrogen) atoms. The molecule has 0 radical (unpaired) electrons. The molecule has 0 saturated heterocycles. The zero-order valence-electron chi connectivity index (χ0n) is 18.1. The Bertz CT molecular complexity index is 1280. The highest BCUT2D eigenvalue weighted by Crippen LogP contribution is 2.29. The maximum atomic E-state index is 13.2. The van der Waals surface area contributed by atoms with Gasteiger partial charge in [0.2, 0.25) is 0 Å². The lowest BCUT2D eigenvalue weighted by Crippen LogP contribution is -2.14. The van der Waals surface area contributed by atoms with Gasteiger partial charge in [0.1, 0.15) is 5.75 Å². The van der Waals surface area contributed by atoms with E-state index < -0.39 is 6.61 Å². The van der Waals surface area contributed by atoms with Gasteiger partial charge in [-0.05, 0) is 75.7 Å². The molecule has 0 fully saturated rings. The number of thioether (sulfide) groups is 1. The first-order chi connectivity index (χ1) is 15.2. The van der Waals surface area contributed by atoms with Gasteiger partial charge < -0.3 is 14.3 Å². The van der Waals surface area contributed by atoms with Crippen molar-refractivity contribution < 1.29 is 18.3 Å². The van der Waals surface area contributed by atoms with Gasteiger partial charge in [-0.15, -0.1) is 0 Å². The summed E-state index contributed by atoms with van der Waals surface area (Å²) in [5.74, 6) is 0.0946. The molecule has 8 heteroatoms. The fourth-order valence-electron chi connectivity index (χ4n) is 3.78. The summed E-state index contributed by atoms with van der Waals surface area (Å²) in [5.41, 5.74) is 6.03. The molecule has 1 atom stereocenters. The second-order valence-corrected chi connectivity index (χ2v) is 9.01. The van der Waals surface area contributed by atoms with Crippen LogP contribution in [0.25, 0.3) is 16.7 Å². The number of fused-ring (bicyclic) bond motifs is 1. The van der Waals surface area contributed by atoms with Crippen molar-refractivity contribution in [3.05, 3.63) is 71.0 Å². The van der Waals surface area contributed by atoms with Crippen LogP contribution in [0.15, 0.2) is 53.7 Å². The van der Waals surface area contributed by atoms with E-state index in [1.54, 1.807) is 12.1 Å². The number of aromatic nitrogens is 3. The Morgan fingerprint density at radius 3 is 2.50 bits per heavy atom. The van der Waals surface area contributed by atoms with Crippen molar-refractivity contribution in [3.63, 3.8) is 0 Å². The molecule has 1 N–H and O–H groups in total. The van der Waals surface area contributed by atoms with Gasteiger partial charge in [-0.2, -0.15) is 8.78 Å². The number of alkyl halides is 2. The van der Waals surface area contributed by atoms with E-state index in [4.69, 9.17) is 0 Å². The summed E-state index contributed by atoms with van der Waals surface area (Å²) in [4.78, 5) is 21.1. The zero-order valence-corrected chi connectivity index (χ0v) is 19.0. The fourth-order valence-corrected chi connectivity index (χ4v) is 4.67. The minimum Gasteiger partial charge on any atom is -0.435 e. The number of ether oxygens (including phenoxy) is 1. The Kier molecular flexibility index (Phi) is 6.06. The van der Waals surface area contributed by atoms with Gasteiger partial charge in [-0.3, -0.25) is 4.79 Å². The molecule has 2 heterocycles. The third-order valence-corrected chi connectivity index (χ3v) is 6.27. The van der Waals surface area contributed by atoms with Crippen molar-refractivity contribution in [3.8, 4) is 11.4 Å². The highest BCUT2D eigenvalue weighted by Gasteiger charge is 2.23. The molecular weight excluding hydrogens is 432 g/mol. The number of rotatable bonds is 7. The standard InChI is InChI=1S/C24H23F2N3O2S/c1-13-5-10-20-21(11-13)28-24(27-20)32-16(4)22(30)19-12-14(2)29(15(19)3)17-6-8-18(9-7-17)31-23(25)26/h5-12,16,23H,1-4H3,(H,27,28). The molecule has 0 amide bonds. The molecule has 166 valence electrons. The number of hydrogen-bond acceptors (Lipinski definition) is 4. The Labute approximate surface area is 188 Å². The summed E-state index contributed by atoms with van der Waals surface area (Å²) >= 11 is 1.39. The van der Waals surface area contributed by atoms with E-state index in [0.29, 0.717) is 10.7 Å². The first kappa shape index (κ1) is 22.1. The minimum absolute atomic E-state index is 0.00337. The number of nitrogens with zero attached hydrogens (tertiary/aromatic N) is 2. The van der Waals surface area contributed by atoms with Gasteiger partial charge in [0.25, 0.3) is 0 Å². The third kappa shape index (κ3) is 4.41. The smallest absolute Gasteiger partial charge is 0.387 e. The number of Topliss-reactive ketones (excluding diaryl/α,β-unsaturated/α-hetero) is 1. The Hall–Kier alpha value is -3.13. The number of H-pyrrole nitrogens is 1. The summed E-state index contributed by atoms with van der Waals surface area (Å²) in [7, 11) is 0. The van der Waals surface area contributed by atoms with E-state index in [0.717, 1.165) is 33.7 Å². The van der Waals surface area contributed by atoms with Gasteiger partial charge >= 0.3 is 6.61 Å². The number of ketones is 1. The average Bonchev–Trinajstić information content (AvgIpc) is 3.26. The van der Waals surface area contributed by atoms with Gasteiger partial charge in [-0.1, -0.05) is 17.8 Å². The first-order valence-corrected chi connectivity index (χ1v) is 11.0. The molecule has 2 aromatic heterocycles. The van der Waals surface area contributed by atoms with Gasteiger partial charge in [0.15, 0.2) is 10.9 Å². The summed E-state index contributed by atoms with van der Waals surface area (Å²) in [6.45, 7) is 4.82. The first-order valence-electron chi connectivity index (χ1n) is 10.1. The number of hydrogen-bond donors (Lipinski definition) is 1. The van der Waals surface area contributed by atoms with E-state index in [9.17, 15) is 13.6 Å². The molecule has 4 rings (SSSR count). The van der Waals surface area contributed by atoms with Crippen molar-refractivity contribution in [2.75, 3.05) is 0 Å². The quantitative estimate of drug-likeness (QED) is 0.265. The fraction of sp³-hybridized carbons (Fsp3) is 0.250. The summed E-state index contributed by atoms with van der Waals surface area (Å²) < 4.78 is 31.1. The van der Waals surface area contributed by atoms with Crippen molar-refractivity contribution in [2.24, 2.45) is 0 Å². The molecule has 0 aliphatic carbocycles. The minimum atomic E-state index is -2.87. The molecule has 5 nitrogen and oxygen atoms in total. The van der Waals surface area contributed by atoms with Gasteiger partial charge in [-0.25, -0.2) is 4.98 Å². The molecule has 0 aliphatic rings. The second kappa shape index (κ2) is 8.78.